The Morgan fingerprint density at radius 1 is 1.24 bits per heavy atom. The van der Waals surface area contributed by atoms with Crippen molar-refractivity contribution in [3.63, 3.8) is 0 Å². The van der Waals surface area contributed by atoms with E-state index in [0.29, 0.717) is 22.3 Å². The number of hydrogen-bond donors (Lipinski definition) is 1. The number of ether oxygens (including phenoxy) is 1. The van der Waals surface area contributed by atoms with Gasteiger partial charge in [0.15, 0.2) is 0 Å². The molecule has 0 spiro atoms. The van der Waals surface area contributed by atoms with Crippen LogP contribution in [0.25, 0.3) is 0 Å². The summed E-state index contributed by atoms with van der Waals surface area (Å²) in [6.45, 7) is 0.330. The van der Waals surface area contributed by atoms with Crippen molar-refractivity contribution in [3.8, 4) is 5.75 Å². The zero-order chi connectivity index (χ0) is 15.7. The third-order valence-corrected chi connectivity index (χ3v) is 4.94. The molecule has 1 aliphatic carbocycles. The van der Waals surface area contributed by atoms with Crippen molar-refractivity contribution in [1.29, 1.82) is 0 Å². The van der Waals surface area contributed by atoms with Crippen LogP contribution in [0.3, 0.4) is 0 Å². The molecule has 1 aliphatic rings. The second-order valence-electron chi connectivity index (χ2n) is 5.58. The Morgan fingerprint density at radius 3 is 2.33 bits per heavy atom. The first-order chi connectivity index (χ1) is 9.84. The van der Waals surface area contributed by atoms with Crippen LogP contribution in [0, 0.1) is 0 Å². The smallest absolute Gasteiger partial charge is 0.416 e. The van der Waals surface area contributed by atoms with Gasteiger partial charge in [0.25, 0.3) is 0 Å². The van der Waals surface area contributed by atoms with Crippen LogP contribution in [0.4, 0.5) is 13.2 Å². The minimum Gasteiger partial charge on any atom is -0.495 e. The molecule has 1 saturated carbocycles. The summed E-state index contributed by atoms with van der Waals surface area (Å²) in [4.78, 5) is 0. The molecular formula is C15H19BrF3NO. The molecule has 0 aromatic heterocycles. The minimum absolute atomic E-state index is 0.327. The zero-order valence-electron chi connectivity index (χ0n) is 11.9. The third kappa shape index (κ3) is 3.21. The van der Waals surface area contributed by atoms with E-state index >= 15 is 0 Å². The van der Waals surface area contributed by atoms with Crippen molar-refractivity contribution >= 4 is 15.9 Å². The molecule has 6 heteroatoms. The number of methoxy groups -OCH3 is 1. The van der Waals surface area contributed by atoms with Crippen LogP contribution in [0.5, 0.6) is 5.75 Å². The summed E-state index contributed by atoms with van der Waals surface area (Å²) in [5.74, 6) is 0.468. The maximum atomic E-state index is 13.1. The van der Waals surface area contributed by atoms with Gasteiger partial charge in [-0.1, -0.05) is 19.3 Å². The monoisotopic (exact) mass is 365 g/mol. The highest BCUT2D eigenvalue weighted by Crippen LogP contribution is 2.47. The van der Waals surface area contributed by atoms with Crippen molar-refractivity contribution in [2.45, 2.75) is 43.7 Å². The molecule has 0 aliphatic heterocycles. The van der Waals surface area contributed by atoms with E-state index in [2.05, 4.69) is 15.9 Å². The largest absolute Gasteiger partial charge is 0.495 e. The van der Waals surface area contributed by atoms with Crippen LogP contribution >= 0.6 is 15.9 Å². The van der Waals surface area contributed by atoms with Crippen LogP contribution in [-0.2, 0) is 11.6 Å². The summed E-state index contributed by atoms with van der Waals surface area (Å²) in [6.07, 6.45) is 0.280. The molecule has 0 radical (unpaired) electrons. The Bertz CT molecular complexity index is 510. The topological polar surface area (TPSA) is 35.2 Å². The Kier molecular flexibility index (Phi) is 4.88. The number of nitrogens with two attached hydrogens (primary N) is 1. The summed E-state index contributed by atoms with van der Waals surface area (Å²) >= 11 is 3.20. The molecule has 1 aromatic carbocycles. The molecule has 1 fully saturated rings. The predicted molar refractivity (Wildman–Crippen MR) is 79.5 cm³/mol. The summed E-state index contributed by atoms with van der Waals surface area (Å²) in [5.41, 5.74) is 5.44. The highest BCUT2D eigenvalue weighted by atomic mass is 79.9. The average Bonchev–Trinajstić information content (AvgIpc) is 2.46. The minimum atomic E-state index is -4.38. The Morgan fingerprint density at radius 2 is 1.86 bits per heavy atom. The van der Waals surface area contributed by atoms with E-state index in [1.807, 2.05) is 0 Å². The van der Waals surface area contributed by atoms with E-state index in [4.69, 9.17) is 10.5 Å². The maximum absolute atomic E-state index is 13.1. The van der Waals surface area contributed by atoms with Crippen molar-refractivity contribution in [3.05, 3.63) is 27.7 Å². The van der Waals surface area contributed by atoms with Gasteiger partial charge >= 0.3 is 6.18 Å². The van der Waals surface area contributed by atoms with E-state index in [-0.39, 0.29) is 0 Å². The highest BCUT2D eigenvalue weighted by Gasteiger charge is 2.39. The van der Waals surface area contributed by atoms with Gasteiger partial charge in [0, 0.05) is 17.5 Å². The van der Waals surface area contributed by atoms with Crippen LogP contribution < -0.4 is 10.5 Å². The number of alkyl halides is 3. The zero-order valence-corrected chi connectivity index (χ0v) is 13.5. The van der Waals surface area contributed by atoms with Crippen molar-refractivity contribution < 1.29 is 17.9 Å². The van der Waals surface area contributed by atoms with E-state index < -0.39 is 17.2 Å². The molecule has 2 N–H and O–H groups in total. The molecule has 0 atom stereocenters. The molecule has 0 amide bonds. The van der Waals surface area contributed by atoms with Gasteiger partial charge < -0.3 is 10.5 Å². The summed E-state index contributed by atoms with van der Waals surface area (Å²) < 4.78 is 44.9. The van der Waals surface area contributed by atoms with Crippen molar-refractivity contribution in [1.82, 2.24) is 0 Å². The standard InChI is InChI=1S/C15H19BrF3NO/c1-21-13-11(14(9-20)5-3-2-4-6-14)7-10(8-12(13)16)15(17,18)19/h7-8H,2-6,9,20H2,1H3. The Hall–Kier alpha value is -0.750. The molecule has 0 bridgehead atoms. The van der Waals surface area contributed by atoms with Gasteiger partial charge in [-0.25, -0.2) is 0 Å². The highest BCUT2D eigenvalue weighted by molar-refractivity contribution is 9.10. The first kappa shape index (κ1) is 16.6. The molecule has 0 unspecified atom stereocenters. The lowest BCUT2D eigenvalue weighted by atomic mass is 9.69. The molecule has 0 saturated heterocycles. The second kappa shape index (κ2) is 6.16. The summed E-state index contributed by atoms with van der Waals surface area (Å²) in [7, 11) is 1.48. The van der Waals surface area contributed by atoms with Gasteiger partial charge in [0.05, 0.1) is 17.1 Å². The number of halogens is 4. The summed E-state index contributed by atoms with van der Waals surface area (Å²) in [5, 5.41) is 0. The fraction of sp³-hybridized carbons (Fsp3) is 0.600. The van der Waals surface area contributed by atoms with E-state index in [9.17, 15) is 13.2 Å². The lowest BCUT2D eigenvalue weighted by molar-refractivity contribution is -0.137. The number of rotatable bonds is 3. The predicted octanol–water partition coefficient (Wildman–Crippen LogP) is 4.64. The molecule has 1 aromatic rings. The fourth-order valence-corrected chi connectivity index (χ4v) is 3.79. The molecule has 2 rings (SSSR count). The first-order valence-corrected chi connectivity index (χ1v) is 7.78. The molecular weight excluding hydrogens is 347 g/mol. The van der Waals surface area contributed by atoms with E-state index in [1.165, 1.54) is 13.2 Å². The number of hydrogen-bond acceptors (Lipinski definition) is 2. The average molecular weight is 366 g/mol. The molecule has 21 heavy (non-hydrogen) atoms. The molecule has 118 valence electrons. The van der Waals surface area contributed by atoms with E-state index in [0.717, 1.165) is 38.2 Å². The van der Waals surface area contributed by atoms with Gasteiger partial charge in [-0.3, -0.25) is 0 Å². The van der Waals surface area contributed by atoms with Crippen molar-refractivity contribution in [2.24, 2.45) is 5.73 Å². The lowest BCUT2D eigenvalue weighted by Crippen LogP contribution is -2.37. The Balaban J connectivity index is 2.61. The van der Waals surface area contributed by atoms with Gasteiger partial charge in [0.2, 0.25) is 0 Å². The molecule has 2 nitrogen and oxygen atoms in total. The van der Waals surface area contributed by atoms with Gasteiger partial charge in [-0.2, -0.15) is 13.2 Å². The summed E-state index contributed by atoms with van der Waals surface area (Å²) in [6, 6.07) is 2.27. The van der Waals surface area contributed by atoms with Gasteiger partial charge in [0.1, 0.15) is 5.75 Å². The van der Waals surface area contributed by atoms with Crippen LogP contribution in [0.2, 0.25) is 0 Å². The molecule has 0 heterocycles. The van der Waals surface area contributed by atoms with Crippen molar-refractivity contribution in [2.75, 3.05) is 13.7 Å². The SMILES string of the molecule is COc1c(Br)cc(C(F)(F)F)cc1C1(CN)CCCCC1. The second-order valence-corrected chi connectivity index (χ2v) is 6.44. The van der Waals surface area contributed by atoms with Crippen LogP contribution in [-0.4, -0.2) is 13.7 Å². The lowest BCUT2D eigenvalue weighted by Gasteiger charge is -2.38. The fourth-order valence-electron chi connectivity index (χ4n) is 3.17. The third-order valence-electron chi connectivity index (χ3n) is 4.35. The normalized spacial score (nSPS) is 18.6. The van der Waals surface area contributed by atoms with Gasteiger partial charge in [-0.05, 0) is 40.9 Å². The first-order valence-electron chi connectivity index (χ1n) is 6.99. The van der Waals surface area contributed by atoms with Gasteiger partial charge in [-0.15, -0.1) is 0 Å². The Labute approximate surface area is 131 Å². The quantitative estimate of drug-likeness (QED) is 0.846. The van der Waals surface area contributed by atoms with Crippen LogP contribution in [0.1, 0.15) is 43.2 Å². The van der Waals surface area contributed by atoms with E-state index in [1.54, 1.807) is 0 Å². The number of benzene rings is 1. The van der Waals surface area contributed by atoms with Crippen LogP contribution in [0.15, 0.2) is 16.6 Å². The maximum Gasteiger partial charge on any atom is 0.416 e.